The van der Waals surface area contributed by atoms with Gasteiger partial charge in [-0.1, -0.05) is 49.4 Å². The molecule has 0 unspecified atom stereocenters. The van der Waals surface area contributed by atoms with Crippen LogP contribution in [0.1, 0.15) is 24.5 Å². The Bertz CT molecular complexity index is 936. The lowest BCUT2D eigenvalue weighted by molar-refractivity contribution is -0.134. The summed E-state index contributed by atoms with van der Waals surface area (Å²) in [6.07, 6.45) is 0.358. The number of carbonyl (C=O) groups is 3. The van der Waals surface area contributed by atoms with Gasteiger partial charge in [-0.2, -0.15) is 5.26 Å². The van der Waals surface area contributed by atoms with E-state index in [9.17, 15) is 14.4 Å². The first kappa shape index (κ1) is 18.1. The lowest BCUT2D eigenvalue weighted by Gasteiger charge is -2.25. The van der Waals surface area contributed by atoms with Crippen molar-refractivity contribution in [2.45, 2.75) is 18.9 Å². The fourth-order valence-electron chi connectivity index (χ4n) is 3.15. The van der Waals surface area contributed by atoms with Crippen molar-refractivity contribution in [3.8, 4) is 6.07 Å². The van der Waals surface area contributed by atoms with Gasteiger partial charge in [-0.05, 0) is 24.1 Å². The van der Waals surface area contributed by atoms with Crippen LogP contribution in [0.2, 0.25) is 0 Å². The van der Waals surface area contributed by atoms with Crippen LogP contribution in [0.4, 0.5) is 10.5 Å². The van der Waals surface area contributed by atoms with Crippen molar-refractivity contribution in [1.82, 2.24) is 10.2 Å². The lowest BCUT2D eigenvalue weighted by Crippen LogP contribution is -2.44. The standard InChI is InChI=1S/C20H18N4O3/c1-2-20(15-9-4-3-5-10-15)18(26)24(19(27)23-20)13-17(25)22-16-11-7-6-8-14(16)12-21/h3-11H,2,13H2,1H3,(H,22,25)(H,23,27)/t20-/m0/s1. The molecule has 4 amide bonds. The smallest absolute Gasteiger partial charge is 0.323 e. The molecule has 1 atom stereocenters. The molecule has 2 aromatic carbocycles. The molecule has 1 aliphatic rings. The second-order valence-electron chi connectivity index (χ2n) is 6.15. The molecule has 2 N–H and O–H groups in total. The van der Waals surface area contributed by atoms with E-state index < -0.39 is 29.9 Å². The van der Waals surface area contributed by atoms with Gasteiger partial charge in [0.2, 0.25) is 5.91 Å². The molecule has 1 saturated heterocycles. The van der Waals surface area contributed by atoms with Crippen LogP contribution < -0.4 is 10.6 Å². The Balaban J connectivity index is 1.80. The Hall–Kier alpha value is -3.66. The summed E-state index contributed by atoms with van der Waals surface area (Å²) in [6, 6.07) is 16.8. The zero-order chi connectivity index (χ0) is 19.4. The molecule has 1 fully saturated rings. The molecule has 7 heteroatoms. The number of benzene rings is 2. The van der Waals surface area contributed by atoms with Gasteiger partial charge in [-0.3, -0.25) is 14.5 Å². The third-order valence-corrected chi connectivity index (χ3v) is 4.60. The molecule has 0 spiro atoms. The van der Waals surface area contributed by atoms with Gasteiger partial charge in [-0.15, -0.1) is 0 Å². The third-order valence-electron chi connectivity index (χ3n) is 4.60. The maximum atomic E-state index is 13.0. The number of para-hydroxylation sites is 1. The van der Waals surface area contributed by atoms with Gasteiger partial charge >= 0.3 is 6.03 Å². The van der Waals surface area contributed by atoms with E-state index in [1.807, 2.05) is 12.1 Å². The van der Waals surface area contributed by atoms with Crippen LogP contribution in [0.15, 0.2) is 54.6 Å². The van der Waals surface area contributed by atoms with Crippen LogP contribution in [0, 0.1) is 11.3 Å². The number of hydrogen-bond donors (Lipinski definition) is 2. The van der Waals surface area contributed by atoms with Gasteiger partial charge in [-0.25, -0.2) is 4.79 Å². The molecule has 7 nitrogen and oxygen atoms in total. The molecule has 136 valence electrons. The maximum absolute atomic E-state index is 13.0. The van der Waals surface area contributed by atoms with Crippen molar-refractivity contribution in [3.05, 3.63) is 65.7 Å². The van der Waals surface area contributed by atoms with Crippen LogP contribution in [0.25, 0.3) is 0 Å². The number of urea groups is 1. The van der Waals surface area contributed by atoms with Crippen molar-refractivity contribution < 1.29 is 14.4 Å². The highest BCUT2D eigenvalue weighted by Crippen LogP contribution is 2.32. The van der Waals surface area contributed by atoms with Crippen LogP contribution >= 0.6 is 0 Å². The van der Waals surface area contributed by atoms with Crippen LogP contribution in [0.3, 0.4) is 0 Å². The summed E-state index contributed by atoms with van der Waals surface area (Å²) in [5, 5.41) is 14.4. The number of anilines is 1. The second kappa shape index (κ2) is 7.30. The van der Waals surface area contributed by atoms with Crippen molar-refractivity contribution in [2.75, 3.05) is 11.9 Å². The SMILES string of the molecule is CC[C@@]1(c2ccccc2)NC(=O)N(CC(=O)Nc2ccccc2C#N)C1=O. The van der Waals surface area contributed by atoms with E-state index >= 15 is 0 Å². The number of amides is 4. The number of nitrogens with one attached hydrogen (secondary N) is 2. The highest BCUT2D eigenvalue weighted by atomic mass is 16.2. The minimum atomic E-state index is -1.18. The van der Waals surface area contributed by atoms with Crippen LogP contribution in [0.5, 0.6) is 0 Å². The van der Waals surface area contributed by atoms with Crippen molar-refractivity contribution >= 4 is 23.5 Å². The Morgan fingerprint density at radius 1 is 1.15 bits per heavy atom. The number of nitrogens with zero attached hydrogens (tertiary/aromatic N) is 2. The first-order valence-electron chi connectivity index (χ1n) is 8.50. The van der Waals surface area contributed by atoms with E-state index in [1.54, 1.807) is 55.5 Å². The highest BCUT2D eigenvalue weighted by Gasteiger charge is 2.51. The summed E-state index contributed by atoms with van der Waals surface area (Å²) in [5.41, 5.74) is 0.129. The lowest BCUT2D eigenvalue weighted by atomic mass is 9.87. The predicted octanol–water partition coefficient (Wildman–Crippen LogP) is 2.35. The van der Waals surface area contributed by atoms with Gasteiger partial charge in [0.25, 0.3) is 5.91 Å². The van der Waals surface area contributed by atoms with E-state index in [0.717, 1.165) is 4.90 Å². The highest BCUT2D eigenvalue weighted by molar-refractivity contribution is 6.10. The van der Waals surface area contributed by atoms with Gasteiger partial charge in [0, 0.05) is 0 Å². The van der Waals surface area contributed by atoms with E-state index in [0.29, 0.717) is 23.2 Å². The third kappa shape index (κ3) is 3.25. The molecule has 0 bridgehead atoms. The predicted molar refractivity (Wildman–Crippen MR) is 98.4 cm³/mol. The molecule has 0 aromatic heterocycles. The molecular weight excluding hydrogens is 344 g/mol. The van der Waals surface area contributed by atoms with Crippen molar-refractivity contribution in [2.24, 2.45) is 0 Å². The molecular formula is C20H18N4O3. The number of nitriles is 1. The first-order chi connectivity index (χ1) is 13.0. The first-order valence-corrected chi connectivity index (χ1v) is 8.50. The topological polar surface area (TPSA) is 102 Å². The molecule has 1 aliphatic heterocycles. The monoisotopic (exact) mass is 362 g/mol. The van der Waals surface area contributed by atoms with Crippen LogP contribution in [-0.4, -0.2) is 29.3 Å². The van der Waals surface area contributed by atoms with E-state index in [1.165, 1.54) is 0 Å². The summed E-state index contributed by atoms with van der Waals surface area (Å²) in [5.74, 6) is -1.02. The summed E-state index contributed by atoms with van der Waals surface area (Å²) < 4.78 is 0. The van der Waals surface area contributed by atoms with E-state index in [2.05, 4.69) is 10.6 Å². The number of imide groups is 1. The fraction of sp³-hybridized carbons (Fsp3) is 0.200. The van der Waals surface area contributed by atoms with E-state index in [-0.39, 0.29) is 0 Å². The van der Waals surface area contributed by atoms with E-state index in [4.69, 9.17) is 5.26 Å². The van der Waals surface area contributed by atoms with Crippen molar-refractivity contribution in [1.29, 1.82) is 5.26 Å². The van der Waals surface area contributed by atoms with Gasteiger partial charge in [0.05, 0.1) is 11.3 Å². The number of rotatable bonds is 5. The van der Waals surface area contributed by atoms with Crippen LogP contribution in [-0.2, 0) is 15.1 Å². The Kier molecular flexibility index (Phi) is 4.90. The average molecular weight is 362 g/mol. The van der Waals surface area contributed by atoms with Gasteiger partial charge in [0.15, 0.2) is 0 Å². The quantitative estimate of drug-likeness (QED) is 0.797. The normalized spacial score (nSPS) is 18.7. The second-order valence-corrected chi connectivity index (χ2v) is 6.15. The Morgan fingerprint density at radius 2 is 1.81 bits per heavy atom. The molecule has 0 saturated carbocycles. The summed E-state index contributed by atoms with van der Waals surface area (Å²) in [6.45, 7) is 1.37. The Morgan fingerprint density at radius 3 is 2.48 bits per heavy atom. The minimum absolute atomic E-state index is 0.301. The molecule has 3 rings (SSSR count). The van der Waals surface area contributed by atoms with Gasteiger partial charge in [0.1, 0.15) is 18.2 Å². The zero-order valence-electron chi connectivity index (χ0n) is 14.7. The van der Waals surface area contributed by atoms with Crippen molar-refractivity contribution in [3.63, 3.8) is 0 Å². The molecule has 2 aromatic rings. The number of carbonyl (C=O) groups excluding carboxylic acids is 3. The fourth-order valence-corrected chi connectivity index (χ4v) is 3.15. The maximum Gasteiger partial charge on any atom is 0.325 e. The summed E-state index contributed by atoms with van der Waals surface area (Å²) in [7, 11) is 0. The molecule has 1 heterocycles. The largest absolute Gasteiger partial charge is 0.325 e. The number of hydrogen-bond acceptors (Lipinski definition) is 4. The summed E-state index contributed by atoms with van der Waals surface area (Å²) >= 11 is 0. The average Bonchev–Trinajstić information content (AvgIpc) is 2.94. The molecule has 27 heavy (non-hydrogen) atoms. The minimum Gasteiger partial charge on any atom is -0.323 e. The summed E-state index contributed by atoms with van der Waals surface area (Å²) in [4.78, 5) is 38.7. The van der Waals surface area contributed by atoms with Gasteiger partial charge < -0.3 is 10.6 Å². The Labute approximate surface area is 156 Å². The molecule has 0 radical (unpaired) electrons. The zero-order valence-corrected chi connectivity index (χ0v) is 14.7. The molecule has 0 aliphatic carbocycles.